The lowest BCUT2D eigenvalue weighted by molar-refractivity contribution is -0.136. The zero-order valence-electron chi connectivity index (χ0n) is 9.18. The highest BCUT2D eigenvalue weighted by Crippen LogP contribution is 2.31. The van der Waals surface area contributed by atoms with Crippen LogP contribution < -0.4 is 5.32 Å². The van der Waals surface area contributed by atoms with Crippen LogP contribution in [0.5, 0.6) is 5.75 Å². The molecule has 0 heterocycles. The molecule has 2 rings (SSSR count). The van der Waals surface area contributed by atoms with E-state index in [1.807, 2.05) is 30.3 Å². The number of nitrogens with one attached hydrogen (secondary N) is 1. The number of fused-ring (bicyclic) bond motifs is 1. The maximum absolute atomic E-state index is 10.4. The van der Waals surface area contributed by atoms with Crippen molar-refractivity contribution in [2.45, 2.75) is 6.42 Å². The van der Waals surface area contributed by atoms with Gasteiger partial charge in [0.2, 0.25) is 0 Å². The van der Waals surface area contributed by atoms with E-state index in [1.54, 1.807) is 6.07 Å². The van der Waals surface area contributed by atoms with E-state index in [9.17, 15) is 9.90 Å². The fourth-order valence-corrected chi connectivity index (χ4v) is 1.74. The molecule has 0 bridgehead atoms. The summed E-state index contributed by atoms with van der Waals surface area (Å²) < 4.78 is 0. The van der Waals surface area contributed by atoms with Crippen LogP contribution in [0.15, 0.2) is 36.4 Å². The van der Waals surface area contributed by atoms with E-state index in [1.165, 1.54) is 0 Å². The molecule has 0 fully saturated rings. The third-order valence-corrected chi connectivity index (χ3v) is 2.55. The summed E-state index contributed by atoms with van der Waals surface area (Å²) in [6, 6.07) is 11.1. The molecule has 0 aliphatic carbocycles. The minimum Gasteiger partial charge on any atom is -0.506 e. The van der Waals surface area contributed by atoms with E-state index < -0.39 is 5.97 Å². The van der Waals surface area contributed by atoms with Gasteiger partial charge < -0.3 is 15.5 Å². The van der Waals surface area contributed by atoms with Crippen molar-refractivity contribution in [2.75, 3.05) is 11.9 Å². The molecule has 0 unspecified atom stereocenters. The molecule has 0 atom stereocenters. The van der Waals surface area contributed by atoms with Gasteiger partial charge in [0, 0.05) is 11.9 Å². The number of hydrogen-bond acceptors (Lipinski definition) is 3. The Hall–Kier alpha value is -2.23. The first-order valence-electron chi connectivity index (χ1n) is 5.35. The standard InChI is InChI=1S/C13H13NO3/c15-11-6-5-9-3-1-2-4-10(9)13(11)14-8-7-12(16)17/h1-6,14-15H,7-8H2,(H,16,17). The van der Waals surface area contributed by atoms with E-state index in [2.05, 4.69) is 5.32 Å². The maximum atomic E-state index is 10.4. The average Bonchev–Trinajstić information content (AvgIpc) is 2.32. The van der Waals surface area contributed by atoms with E-state index in [4.69, 9.17) is 5.11 Å². The van der Waals surface area contributed by atoms with Gasteiger partial charge in [0.15, 0.2) is 0 Å². The monoisotopic (exact) mass is 231 g/mol. The van der Waals surface area contributed by atoms with Crippen molar-refractivity contribution in [2.24, 2.45) is 0 Å². The predicted octanol–water partition coefficient (Wildman–Crippen LogP) is 2.43. The number of carboxylic acid groups (broad SMARTS) is 1. The molecule has 88 valence electrons. The number of benzene rings is 2. The van der Waals surface area contributed by atoms with E-state index >= 15 is 0 Å². The Morgan fingerprint density at radius 3 is 2.71 bits per heavy atom. The Morgan fingerprint density at radius 2 is 1.94 bits per heavy atom. The third-order valence-electron chi connectivity index (χ3n) is 2.55. The number of phenolic OH excluding ortho intramolecular Hbond substituents is 1. The number of anilines is 1. The van der Waals surface area contributed by atoms with Crippen LogP contribution >= 0.6 is 0 Å². The average molecular weight is 231 g/mol. The van der Waals surface area contributed by atoms with E-state index in [0.717, 1.165) is 10.8 Å². The van der Waals surface area contributed by atoms with Crippen LogP contribution in [0.25, 0.3) is 10.8 Å². The highest BCUT2D eigenvalue weighted by molar-refractivity contribution is 5.96. The molecule has 0 spiro atoms. The lowest BCUT2D eigenvalue weighted by atomic mass is 10.1. The topological polar surface area (TPSA) is 69.6 Å². The lowest BCUT2D eigenvalue weighted by Gasteiger charge is -2.10. The smallest absolute Gasteiger partial charge is 0.305 e. The molecule has 0 amide bonds. The van der Waals surface area contributed by atoms with Gasteiger partial charge in [0.1, 0.15) is 5.75 Å². The first kappa shape index (κ1) is 11.3. The Balaban J connectivity index is 2.31. The molecule has 0 aliphatic rings. The molecule has 17 heavy (non-hydrogen) atoms. The quantitative estimate of drug-likeness (QED) is 0.707. The highest BCUT2D eigenvalue weighted by atomic mass is 16.4. The summed E-state index contributed by atoms with van der Waals surface area (Å²) in [5, 5.41) is 23.2. The summed E-state index contributed by atoms with van der Waals surface area (Å²) in [6.07, 6.45) is 0.0165. The van der Waals surface area contributed by atoms with Crippen molar-refractivity contribution in [1.29, 1.82) is 0 Å². The summed E-state index contributed by atoms with van der Waals surface area (Å²) in [5.41, 5.74) is 0.587. The number of rotatable bonds is 4. The minimum atomic E-state index is -0.864. The van der Waals surface area contributed by atoms with Crippen LogP contribution in [0, 0.1) is 0 Å². The Labute approximate surface area is 98.5 Å². The van der Waals surface area contributed by atoms with Crippen LogP contribution in [-0.4, -0.2) is 22.7 Å². The molecule has 0 saturated carbocycles. The Kier molecular flexibility index (Phi) is 3.14. The van der Waals surface area contributed by atoms with Crippen molar-refractivity contribution in [3.05, 3.63) is 36.4 Å². The molecule has 2 aromatic carbocycles. The second-order valence-corrected chi connectivity index (χ2v) is 3.75. The zero-order valence-corrected chi connectivity index (χ0v) is 9.18. The van der Waals surface area contributed by atoms with E-state index in [0.29, 0.717) is 5.69 Å². The van der Waals surface area contributed by atoms with Gasteiger partial charge in [0.25, 0.3) is 0 Å². The molecule has 4 nitrogen and oxygen atoms in total. The van der Waals surface area contributed by atoms with E-state index in [-0.39, 0.29) is 18.7 Å². The number of carbonyl (C=O) groups is 1. The second-order valence-electron chi connectivity index (χ2n) is 3.75. The molecule has 0 aliphatic heterocycles. The van der Waals surface area contributed by atoms with Crippen LogP contribution in [0.1, 0.15) is 6.42 Å². The predicted molar refractivity (Wildman–Crippen MR) is 66.4 cm³/mol. The van der Waals surface area contributed by atoms with Crippen molar-refractivity contribution < 1.29 is 15.0 Å². The molecule has 2 aromatic rings. The summed E-state index contributed by atoms with van der Waals surface area (Å²) in [5.74, 6) is -0.730. The molecule has 3 N–H and O–H groups in total. The van der Waals surface area contributed by atoms with Gasteiger partial charge in [0.05, 0.1) is 12.1 Å². The van der Waals surface area contributed by atoms with Crippen molar-refractivity contribution in [1.82, 2.24) is 0 Å². The lowest BCUT2D eigenvalue weighted by Crippen LogP contribution is -2.07. The molecular weight excluding hydrogens is 218 g/mol. The first-order valence-corrected chi connectivity index (χ1v) is 5.35. The van der Waals surface area contributed by atoms with Gasteiger partial charge in [-0.15, -0.1) is 0 Å². The second kappa shape index (κ2) is 4.74. The Morgan fingerprint density at radius 1 is 1.18 bits per heavy atom. The van der Waals surface area contributed by atoms with Gasteiger partial charge in [-0.3, -0.25) is 4.79 Å². The van der Waals surface area contributed by atoms with Crippen molar-refractivity contribution in [3.8, 4) is 5.75 Å². The summed E-state index contributed by atoms with van der Waals surface area (Å²) in [7, 11) is 0. The number of aromatic hydroxyl groups is 1. The zero-order chi connectivity index (χ0) is 12.3. The van der Waals surface area contributed by atoms with Crippen LogP contribution in [0.3, 0.4) is 0 Å². The highest BCUT2D eigenvalue weighted by Gasteiger charge is 2.06. The van der Waals surface area contributed by atoms with Crippen LogP contribution in [-0.2, 0) is 4.79 Å². The Bertz CT molecular complexity index is 551. The first-order chi connectivity index (χ1) is 8.18. The summed E-state index contributed by atoms with van der Waals surface area (Å²) in [4.78, 5) is 10.4. The normalized spacial score (nSPS) is 10.4. The number of aliphatic carboxylic acids is 1. The van der Waals surface area contributed by atoms with Crippen LogP contribution in [0.4, 0.5) is 5.69 Å². The molecule has 0 saturated heterocycles. The molecule has 0 radical (unpaired) electrons. The number of hydrogen-bond donors (Lipinski definition) is 3. The molecular formula is C13H13NO3. The third kappa shape index (κ3) is 2.47. The van der Waals surface area contributed by atoms with Crippen LogP contribution in [0.2, 0.25) is 0 Å². The fourth-order valence-electron chi connectivity index (χ4n) is 1.74. The van der Waals surface area contributed by atoms with Gasteiger partial charge >= 0.3 is 5.97 Å². The largest absolute Gasteiger partial charge is 0.506 e. The number of phenols is 1. The molecule has 4 heteroatoms. The number of carboxylic acids is 1. The van der Waals surface area contributed by atoms with Crippen molar-refractivity contribution >= 4 is 22.4 Å². The van der Waals surface area contributed by atoms with Gasteiger partial charge in [-0.2, -0.15) is 0 Å². The van der Waals surface area contributed by atoms with Crippen molar-refractivity contribution in [3.63, 3.8) is 0 Å². The van der Waals surface area contributed by atoms with Gasteiger partial charge in [-0.05, 0) is 11.5 Å². The fraction of sp³-hybridized carbons (Fsp3) is 0.154. The minimum absolute atomic E-state index is 0.0165. The van der Waals surface area contributed by atoms with Gasteiger partial charge in [-0.25, -0.2) is 0 Å². The molecule has 0 aromatic heterocycles. The SMILES string of the molecule is O=C(O)CCNc1c(O)ccc2ccccc12. The summed E-state index contributed by atoms with van der Waals surface area (Å²) in [6.45, 7) is 0.289. The maximum Gasteiger partial charge on any atom is 0.305 e. The van der Waals surface area contributed by atoms with Gasteiger partial charge in [-0.1, -0.05) is 30.3 Å². The summed E-state index contributed by atoms with van der Waals surface area (Å²) >= 11 is 0.